The van der Waals surface area contributed by atoms with Gasteiger partial charge in [-0.3, -0.25) is 4.79 Å². The minimum absolute atomic E-state index is 0.156. The van der Waals surface area contributed by atoms with Crippen LogP contribution in [0.1, 0.15) is 30.9 Å². The Balaban J connectivity index is 2.73. The number of carbonyl (C=O) groups is 1. The van der Waals surface area contributed by atoms with Gasteiger partial charge in [0.2, 0.25) is 0 Å². The molecular weight excluding hydrogens is 176 g/mol. The van der Waals surface area contributed by atoms with Crippen molar-refractivity contribution in [3.63, 3.8) is 0 Å². The Morgan fingerprint density at radius 1 is 1.36 bits per heavy atom. The van der Waals surface area contributed by atoms with Gasteiger partial charge in [-0.25, -0.2) is 0 Å². The summed E-state index contributed by atoms with van der Waals surface area (Å²) in [4.78, 5) is 11.4. The lowest BCUT2D eigenvalue weighted by Crippen LogP contribution is -2.12. The van der Waals surface area contributed by atoms with Gasteiger partial charge in [0.15, 0.2) is 0 Å². The molecule has 76 valence electrons. The summed E-state index contributed by atoms with van der Waals surface area (Å²) in [5.74, 6) is -0.327. The quantitative estimate of drug-likeness (QED) is 0.688. The number of benzene rings is 1. The van der Waals surface area contributed by atoms with Crippen molar-refractivity contribution in [3.05, 3.63) is 35.4 Å². The first-order chi connectivity index (χ1) is 6.65. The Kier molecular flexibility index (Phi) is 3.69. The van der Waals surface area contributed by atoms with Crippen molar-refractivity contribution < 1.29 is 9.53 Å². The predicted octanol–water partition coefficient (Wildman–Crippen LogP) is 2.66. The van der Waals surface area contributed by atoms with Gasteiger partial charge in [0.1, 0.15) is 0 Å². The molecule has 0 saturated carbocycles. The molecule has 1 atom stereocenters. The van der Waals surface area contributed by atoms with Crippen LogP contribution in [0.5, 0.6) is 0 Å². The topological polar surface area (TPSA) is 26.3 Å². The van der Waals surface area contributed by atoms with Crippen LogP contribution in [0.2, 0.25) is 0 Å². The summed E-state index contributed by atoms with van der Waals surface area (Å²) in [6, 6.07) is 7.95. The third-order valence-electron chi connectivity index (χ3n) is 2.22. The predicted molar refractivity (Wildman–Crippen MR) is 56.2 cm³/mol. The molecule has 0 fully saturated rings. The molecule has 1 aromatic rings. The fourth-order valence-corrected chi connectivity index (χ4v) is 1.26. The Labute approximate surface area is 84.9 Å². The third-order valence-corrected chi connectivity index (χ3v) is 2.22. The van der Waals surface area contributed by atoms with E-state index in [-0.39, 0.29) is 11.9 Å². The largest absolute Gasteiger partial charge is 0.466 e. The zero-order chi connectivity index (χ0) is 10.6. The number of rotatable bonds is 3. The van der Waals surface area contributed by atoms with E-state index in [4.69, 9.17) is 4.74 Å². The second kappa shape index (κ2) is 4.80. The first-order valence-corrected chi connectivity index (χ1v) is 4.88. The average Bonchev–Trinajstić information content (AvgIpc) is 2.18. The van der Waals surface area contributed by atoms with Crippen LogP contribution < -0.4 is 0 Å². The van der Waals surface area contributed by atoms with E-state index < -0.39 is 0 Å². The molecule has 0 aliphatic rings. The normalized spacial score (nSPS) is 12.2. The summed E-state index contributed by atoms with van der Waals surface area (Å²) in [7, 11) is 0. The molecule has 0 unspecified atom stereocenters. The SMILES string of the molecule is CCOC(=O)[C@@H](C)c1ccc(C)cc1. The molecule has 14 heavy (non-hydrogen) atoms. The van der Waals surface area contributed by atoms with E-state index in [9.17, 15) is 4.79 Å². The highest BCUT2D eigenvalue weighted by molar-refractivity contribution is 5.77. The van der Waals surface area contributed by atoms with E-state index >= 15 is 0 Å². The van der Waals surface area contributed by atoms with Gasteiger partial charge in [0.25, 0.3) is 0 Å². The molecule has 0 bridgehead atoms. The highest BCUT2D eigenvalue weighted by Gasteiger charge is 2.15. The molecule has 1 rings (SSSR count). The van der Waals surface area contributed by atoms with E-state index in [0.717, 1.165) is 5.56 Å². The van der Waals surface area contributed by atoms with Gasteiger partial charge in [-0.15, -0.1) is 0 Å². The van der Waals surface area contributed by atoms with Crippen molar-refractivity contribution in [2.24, 2.45) is 0 Å². The van der Waals surface area contributed by atoms with Crippen LogP contribution in [0.3, 0.4) is 0 Å². The lowest BCUT2D eigenvalue weighted by Gasteiger charge is -2.10. The summed E-state index contributed by atoms with van der Waals surface area (Å²) in [5.41, 5.74) is 2.21. The lowest BCUT2D eigenvalue weighted by molar-refractivity contribution is -0.144. The van der Waals surface area contributed by atoms with Crippen molar-refractivity contribution in [2.75, 3.05) is 6.61 Å². The molecule has 0 aliphatic heterocycles. The van der Waals surface area contributed by atoms with E-state index in [1.54, 1.807) is 0 Å². The van der Waals surface area contributed by atoms with Crippen LogP contribution in [0, 0.1) is 6.92 Å². The summed E-state index contributed by atoms with van der Waals surface area (Å²) >= 11 is 0. The zero-order valence-corrected chi connectivity index (χ0v) is 8.91. The van der Waals surface area contributed by atoms with Crippen LogP contribution in [-0.4, -0.2) is 12.6 Å². The number of hydrogen-bond donors (Lipinski definition) is 0. The van der Waals surface area contributed by atoms with Crippen LogP contribution >= 0.6 is 0 Å². The first kappa shape index (κ1) is 10.8. The molecule has 0 heterocycles. The molecule has 0 spiro atoms. The van der Waals surface area contributed by atoms with Crippen LogP contribution in [0.4, 0.5) is 0 Å². The third kappa shape index (κ3) is 2.59. The van der Waals surface area contributed by atoms with Crippen molar-refractivity contribution in [1.29, 1.82) is 0 Å². The minimum Gasteiger partial charge on any atom is -0.466 e. The summed E-state index contributed by atoms with van der Waals surface area (Å²) in [6.07, 6.45) is 0. The summed E-state index contributed by atoms with van der Waals surface area (Å²) in [5, 5.41) is 0. The van der Waals surface area contributed by atoms with Gasteiger partial charge in [-0.05, 0) is 26.3 Å². The molecule has 0 N–H and O–H groups in total. The molecular formula is C12H16O2. The van der Waals surface area contributed by atoms with Gasteiger partial charge < -0.3 is 4.74 Å². The minimum atomic E-state index is -0.171. The standard InChI is InChI=1S/C12H16O2/c1-4-14-12(13)10(3)11-7-5-9(2)6-8-11/h5-8,10H,4H2,1-3H3/t10-/m0/s1. The lowest BCUT2D eigenvalue weighted by atomic mass is 10.0. The molecule has 0 radical (unpaired) electrons. The molecule has 2 nitrogen and oxygen atoms in total. The molecule has 0 saturated heterocycles. The monoisotopic (exact) mass is 192 g/mol. The fourth-order valence-electron chi connectivity index (χ4n) is 1.26. The van der Waals surface area contributed by atoms with Crippen molar-refractivity contribution in [3.8, 4) is 0 Å². The highest BCUT2D eigenvalue weighted by atomic mass is 16.5. The van der Waals surface area contributed by atoms with Gasteiger partial charge in [0, 0.05) is 0 Å². The van der Waals surface area contributed by atoms with Crippen molar-refractivity contribution >= 4 is 5.97 Å². The Morgan fingerprint density at radius 2 is 1.93 bits per heavy atom. The van der Waals surface area contributed by atoms with Crippen LogP contribution in [0.25, 0.3) is 0 Å². The average molecular weight is 192 g/mol. The molecule has 0 aromatic heterocycles. The van der Waals surface area contributed by atoms with E-state index in [1.165, 1.54) is 5.56 Å². The molecule has 0 aliphatic carbocycles. The summed E-state index contributed by atoms with van der Waals surface area (Å²) < 4.78 is 4.95. The molecule has 2 heteroatoms. The molecule has 1 aromatic carbocycles. The maximum absolute atomic E-state index is 11.4. The second-order valence-electron chi connectivity index (χ2n) is 3.38. The van der Waals surface area contributed by atoms with Gasteiger partial charge in [-0.1, -0.05) is 29.8 Å². The van der Waals surface area contributed by atoms with E-state index in [2.05, 4.69) is 0 Å². The maximum Gasteiger partial charge on any atom is 0.313 e. The smallest absolute Gasteiger partial charge is 0.313 e. The number of esters is 1. The Hall–Kier alpha value is -1.31. The second-order valence-corrected chi connectivity index (χ2v) is 3.38. The van der Waals surface area contributed by atoms with Gasteiger partial charge in [-0.2, -0.15) is 0 Å². The number of aryl methyl sites for hydroxylation is 1. The number of hydrogen-bond acceptors (Lipinski definition) is 2. The van der Waals surface area contributed by atoms with Gasteiger partial charge in [0.05, 0.1) is 12.5 Å². The van der Waals surface area contributed by atoms with Crippen LogP contribution in [-0.2, 0) is 9.53 Å². The van der Waals surface area contributed by atoms with Crippen molar-refractivity contribution in [2.45, 2.75) is 26.7 Å². The van der Waals surface area contributed by atoms with Crippen LogP contribution in [0.15, 0.2) is 24.3 Å². The van der Waals surface area contributed by atoms with E-state index in [1.807, 2.05) is 45.0 Å². The Bertz CT molecular complexity index is 301. The van der Waals surface area contributed by atoms with Crippen molar-refractivity contribution in [1.82, 2.24) is 0 Å². The number of ether oxygens (including phenoxy) is 1. The maximum atomic E-state index is 11.4. The van der Waals surface area contributed by atoms with Gasteiger partial charge >= 0.3 is 5.97 Å². The Morgan fingerprint density at radius 3 is 2.43 bits per heavy atom. The summed E-state index contributed by atoms with van der Waals surface area (Å²) in [6.45, 7) is 6.15. The highest BCUT2D eigenvalue weighted by Crippen LogP contribution is 2.17. The number of carbonyl (C=O) groups excluding carboxylic acids is 1. The zero-order valence-electron chi connectivity index (χ0n) is 8.91. The fraction of sp³-hybridized carbons (Fsp3) is 0.417. The van der Waals surface area contributed by atoms with E-state index in [0.29, 0.717) is 6.61 Å². The molecule has 0 amide bonds. The first-order valence-electron chi connectivity index (χ1n) is 4.88.